The molecule has 7 heteroatoms. The fourth-order valence-corrected chi connectivity index (χ4v) is 0. The van der Waals surface area contributed by atoms with Gasteiger partial charge in [-0.2, -0.15) is 0 Å². The second kappa shape index (κ2) is 8.17. The van der Waals surface area contributed by atoms with Crippen molar-refractivity contribution in [3.05, 3.63) is 0 Å². The predicted octanol–water partition coefficient (Wildman–Crippen LogP) is -0.894. The van der Waals surface area contributed by atoms with Gasteiger partial charge >= 0.3 is 0 Å². The third-order valence-electron chi connectivity index (χ3n) is 0.224. The molecule has 0 spiro atoms. The first kappa shape index (κ1) is 21.3. The SMILES string of the molecule is COP(=O)([O-])[O-].C[N+](C)(C)C.C[N+](C)(C)C. The summed E-state index contributed by atoms with van der Waals surface area (Å²) in [5.41, 5.74) is 0. The number of phosphoric ester groups is 1. The maximum absolute atomic E-state index is 9.25. The Morgan fingerprint density at radius 3 is 0.875 bits per heavy atom. The summed E-state index contributed by atoms with van der Waals surface area (Å²) in [5.74, 6) is 0. The molecule has 0 aliphatic rings. The van der Waals surface area contributed by atoms with E-state index in [0.29, 0.717) is 0 Å². The van der Waals surface area contributed by atoms with Gasteiger partial charge in [0.25, 0.3) is 0 Å². The first-order chi connectivity index (χ1) is 6.56. The molecule has 0 radical (unpaired) electrons. The molecular weight excluding hydrogens is 231 g/mol. The summed E-state index contributed by atoms with van der Waals surface area (Å²) in [7, 11) is 13.2. The molecule has 0 rings (SSSR count). The Labute approximate surface area is 99.9 Å². The highest BCUT2D eigenvalue weighted by Gasteiger charge is 1.88. The van der Waals surface area contributed by atoms with E-state index in [4.69, 9.17) is 0 Å². The summed E-state index contributed by atoms with van der Waals surface area (Å²) in [5, 5.41) is 0. The Bertz CT molecular complexity index is 179. The molecule has 0 aromatic rings. The lowest BCUT2D eigenvalue weighted by Gasteiger charge is -2.25. The van der Waals surface area contributed by atoms with Gasteiger partial charge in [-0.25, -0.2) is 0 Å². The van der Waals surface area contributed by atoms with Crippen LogP contribution in [0.3, 0.4) is 0 Å². The van der Waals surface area contributed by atoms with E-state index in [1.54, 1.807) is 0 Å². The Kier molecular flexibility index (Phi) is 10.9. The lowest BCUT2D eigenvalue weighted by Crippen LogP contribution is -2.27. The van der Waals surface area contributed by atoms with E-state index in [1.165, 1.54) is 0 Å². The van der Waals surface area contributed by atoms with Crippen molar-refractivity contribution in [1.29, 1.82) is 0 Å². The minimum Gasteiger partial charge on any atom is -0.790 e. The molecule has 0 aromatic heterocycles. The topological polar surface area (TPSA) is 72.4 Å². The van der Waals surface area contributed by atoms with Crippen LogP contribution in [0.4, 0.5) is 0 Å². The van der Waals surface area contributed by atoms with Gasteiger partial charge in [-0.15, -0.1) is 0 Å². The Morgan fingerprint density at radius 1 is 0.812 bits per heavy atom. The zero-order chi connectivity index (χ0) is 14.2. The van der Waals surface area contributed by atoms with Crippen LogP contribution >= 0.6 is 7.82 Å². The molecule has 0 saturated heterocycles. The monoisotopic (exact) mass is 258 g/mol. The molecular formula is C9H27N2O4P. The molecule has 102 valence electrons. The lowest BCUT2D eigenvalue weighted by atomic mass is 10.8. The highest BCUT2D eigenvalue weighted by atomic mass is 31.2. The van der Waals surface area contributed by atoms with Crippen molar-refractivity contribution in [3.8, 4) is 0 Å². The van der Waals surface area contributed by atoms with E-state index in [2.05, 4.69) is 60.9 Å². The number of hydrogen-bond acceptors (Lipinski definition) is 4. The van der Waals surface area contributed by atoms with Crippen LogP contribution in [-0.2, 0) is 9.09 Å². The van der Waals surface area contributed by atoms with Crippen molar-refractivity contribution < 1.29 is 27.8 Å². The maximum Gasteiger partial charge on any atom is 0.0675 e. The van der Waals surface area contributed by atoms with Crippen LogP contribution in [-0.4, -0.2) is 72.5 Å². The van der Waals surface area contributed by atoms with Gasteiger partial charge in [0.1, 0.15) is 0 Å². The molecule has 0 aliphatic heterocycles. The van der Waals surface area contributed by atoms with Gasteiger partial charge in [0.2, 0.25) is 0 Å². The summed E-state index contributed by atoms with van der Waals surface area (Å²) in [6.45, 7) is 0. The van der Waals surface area contributed by atoms with E-state index in [-0.39, 0.29) is 0 Å². The summed E-state index contributed by atoms with van der Waals surface area (Å²) in [6, 6.07) is 0. The Balaban J connectivity index is -0.000000160. The van der Waals surface area contributed by atoms with Crippen molar-refractivity contribution in [3.63, 3.8) is 0 Å². The molecule has 0 amide bonds. The van der Waals surface area contributed by atoms with Gasteiger partial charge in [0.15, 0.2) is 0 Å². The number of quaternary nitrogens is 2. The molecule has 0 saturated carbocycles. The molecule has 0 heterocycles. The highest BCUT2D eigenvalue weighted by Crippen LogP contribution is 2.21. The Hall–Kier alpha value is 0.0300. The smallest absolute Gasteiger partial charge is 0.0675 e. The molecule has 16 heavy (non-hydrogen) atoms. The molecule has 0 aromatic carbocycles. The first-order valence-corrected chi connectivity index (χ1v) is 6.18. The zero-order valence-electron chi connectivity index (χ0n) is 12.0. The Morgan fingerprint density at radius 2 is 0.875 bits per heavy atom. The molecule has 0 aliphatic carbocycles. The normalized spacial score (nSPS) is 11.9. The van der Waals surface area contributed by atoms with Gasteiger partial charge in [-0.1, -0.05) is 0 Å². The van der Waals surface area contributed by atoms with Crippen molar-refractivity contribution in [2.75, 3.05) is 63.5 Å². The second-order valence-corrected chi connectivity index (χ2v) is 7.26. The van der Waals surface area contributed by atoms with E-state index in [9.17, 15) is 14.4 Å². The van der Waals surface area contributed by atoms with Crippen LogP contribution in [0.25, 0.3) is 0 Å². The third-order valence-corrected chi connectivity index (χ3v) is 0.671. The zero-order valence-corrected chi connectivity index (χ0v) is 12.9. The van der Waals surface area contributed by atoms with E-state index >= 15 is 0 Å². The van der Waals surface area contributed by atoms with Crippen molar-refractivity contribution >= 4 is 7.82 Å². The summed E-state index contributed by atoms with van der Waals surface area (Å²) in [6.07, 6.45) is 0. The lowest BCUT2D eigenvalue weighted by molar-refractivity contribution is -0.849. The number of phosphoric acid groups is 1. The summed E-state index contributed by atoms with van der Waals surface area (Å²) in [4.78, 5) is 18.5. The van der Waals surface area contributed by atoms with E-state index < -0.39 is 7.82 Å². The maximum atomic E-state index is 9.25. The molecule has 0 N–H and O–H groups in total. The van der Waals surface area contributed by atoms with Gasteiger partial charge < -0.3 is 27.8 Å². The number of rotatable bonds is 1. The molecule has 0 unspecified atom stereocenters. The number of nitrogens with zero attached hydrogens (tertiary/aromatic N) is 2. The van der Waals surface area contributed by atoms with Crippen LogP contribution in [0.5, 0.6) is 0 Å². The average molecular weight is 258 g/mol. The highest BCUT2D eigenvalue weighted by molar-refractivity contribution is 7.43. The van der Waals surface area contributed by atoms with E-state index in [0.717, 1.165) is 16.1 Å². The van der Waals surface area contributed by atoms with Crippen molar-refractivity contribution in [2.45, 2.75) is 0 Å². The standard InChI is InChI=1S/2C4H12N.CH5O4P/c2*1-5(2,3)4;1-5-6(2,3)4/h2*1-4H3;1H3,(H2,2,3,4)/q2*+1;/p-2. The van der Waals surface area contributed by atoms with Crippen molar-refractivity contribution in [2.24, 2.45) is 0 Å². The van der Waals surface area contributed by atoms with E-state index in [1.807, 2.05) is 0 Å². The molecule has 0 bridgehead atoms. The number of hydrogen-bond donors (Lipinski definition) is 0. The van der Waals surface area contributed by atoms with Crippen LogP contribution < -0.4 is 9.79 Å². The molecule has 0 atom stereocenters. The van der Waals surface area contributed by atoms with Gasteiger partial charge in [0.05, 0.1) is 64.2 Å². The molecule has 6 nitrogen and oxygen atoms in total. The first-order valence-electron chi connectivity index (χ1n) is 4.72. The third kappa shape index (κ3) is 259. The fraction of sp³-hybridized carbons (Fsp3) is 1.00. The van der Waals surface area contributed by atoms with Gasteiger partial charge in [0, 0.05) is 7.11 Å². The largest absolute Gasteiger partial charge is 0.790 e. The van der Waals surface area contributed by atoms with Crippen LogP contribution in [0.15, 0.2) is 0 Å². The van der Waals surface area contributed by atoms with Crippen LogP contribution in [0.2, 0.25) is 0 Å². The second-order valence-electron chi connectivity index (χ2n) is 6.00. The fourth-order valence-electron chi connectivity index (χ4n) is 0. The minimum absolute atomic E-state index is 0.820. The summed E-state index contributed by atoms with van der Waals surface area (Å²) < 4.78 is 14.6. The van der Waals surface area contributed by atoms with Crippen molar-refractivity contribution in [1.82, 2.24) is 0 Å². The average Bonchev–Trinajstić information content (AvgIpc) is 1.77. The van der Waals surface area contributed by atoms with Crippen LogP contribution in [0.1, 0.15) is 0 Å². The van der Waals surface area contributed by atoms with Gasteiger partial charge in [-0.3, -0.25) is 0 Å². The quantitative estimate of drug-likeness (QED) is 0.451. The summed E-state index contributed by atoms with van der Waals surface area (Å²) >= 11 is 0. The predicted molar refractivity (Wildman–Crippen MR) is 62.5 cm³/mol. The molecule has 0 fully saturated rings. The van der Waals surface area contributed by atoms with Gasteiger partial charge in [-0.05, 0) is 0 Å². The van der Waals surface area contributed by atoms with Crippen LogP contribution in [0, 0.1) is 0 Å². The minimum atomic E-state index is -4.65.